The van der Waals surface area contributed by atoms with Gasteiger partial charge in [0.1, 0.15) is 0 Å². The van der Waals surface area contributed by atoms with Crippen molar-refractivity contribution in [2.24, 2.45) is 20.4 Å². The summed E-state index contributed by atoms with van der Waals surface area (Å²) in [6.45, 7) is 2.98. The zero-order chi connectivity index (χ0) is 21.1. The molecular weight excluding hydrogens is 406 g/mol. The van der Waals surface area contributed by atoms with Crippen LogP contribution in [0.25, 0.3) is 22.5 Å². The highest BCUT2D eigenvalue weighted by molar-refractivity contribution is 7.89. The molecule has 11 nitrogen and oxygen atoms in total. The average Bonchev–Trinajstić information content (AvgIpc) is 3.45. The van der Waals surface area contributed by atoms with Crippen LogP contribution in [-0.4, -0.2) is 47.6 Å². The Morgan fingerprint density at radius 2 is 2.00 bits per heavy atom. The lowest BCUT2D eigenvalue weighted by molar-refractivity contribution is 0.598. The van der Waals surface area contributed by atoms with Gasteiger partial charge in [0.25, 0.3) is 0 Å². The number of azo groups is 1. The van der Waals surface area contributed by atoms with E-state index < -0.39 is 10.0 Å². The summed E-state index contributed by atoms with van der Waals surface area (Å²) in [7, 11) is -3.98. The number of nitrogens with one attached hydrogen (secondary N) is 2. The highest BCUT2D eigenvalue weighted by Crippen LogP contribution is 2.34. The molecule has 4 N–H and O–H groups in total. The van der Waals surface area contributed by atoms with Gasteiger partial charge in [0.15, 0.2) is 12.5 Å². The number of rotatable bonds is 7. The largest absolute Gasteiger partial charge is 0.303 e. The Morgan fingerprint density at radius 1 is 1.20 bits per heavy atom. The van der Waals surface area contributed by atoms with E-state index in [1.165, 1.54) is 6.07 Å². The van der Waals surface area contributed by atoms with E-state index in [1.807, 2.05) is 31.2 Å². The molecule has 2 aromatic carbocycles. The van der Waals surface area contributed by atoms with Gasteiger partial charge in [-0.2, -0.15) is 10.3 Å². The topological polar surface area (TPSA) is 164 Å². The molecular formula is C18H19N9O2S. The van der Waals surface area contributed by atoms with Crippen molar-refractivity contribution in [1.29, 1.82) is 0 Å². The summed E-state index contributed by atoms with van der Waals surface area (Å²) in [5.74, 6) is 0.844. The smallest absolute Gasteiger partial charge is 0.238 e. The van der Waals surface area contributed by atoms with Gasteiger partial charge in [0, 0.05) is 6.54 Å². The number of benzene rings is 2. The number of hydrogen-bond acceptors (Lipinski definition) is 9. The van der Waals surface area contributed by atoms with E-state index in [0.717, 1.165) is 11.1 Å². The Kier molecular flexibility index (Phi) is 5.44. The average molecular weight is 425 g/mol. The third kappa shape index (κ3) is 4.15. The van der Waals surface area contributed by atoms with E-state index in [1.54, 1.807) is 12.1 Å². The summed E-state index contributed by atoms with van der Waals surface area (Å²) in [5.41, 5.74) is 2.78. The van der Waals surface area contributed by atoms with E-state index in [0.29, 0.717) is 30.2 Å². The van der Waals surface area contributed by atoms with Gasteiger partial charge in [0.05, 0.1) is 16.5 Å². The first-order chi connectivity index (χ1) is 14.4. The van der Waals surface area contributed by atoms with Crippen LogP contribution in [0, 0.1) is 0 Å². The summed E-state index contributed by atoms with van der Waals surface area (Å²) < 4.78 is 24.2. The molecule has 1 unspecified atom stereocenters. The number of amidine groups is 1. The predicted octanol–water partition coefficient (Wildman–Crippen LogP) is 1.48. The van der Waals surface area contributed by atoms with Gasteiger partial charge < -0.3 is 5.32 Å². The first-order valence-corrected chi connectivity index (χ1v) is 10.6. The van der Waals surface area contributed by atoms with Crippen LogP contribution in [0.4, 0.5) is 0 Å². The van der Waals surface area contributed by atoms with Crippen LogP contribution in [0.15, 0.2) is 62.6 Å². The number of sulfonamides is 1. The lowest BCUT2D eigenvalue weighted by Crippen LogP contribution is -2.31. The number of aliphatic imine (C=N–C) groups is 1. The number of nitrogens with two attached hydrogens (primary N) is 1. The van der Waals surface area contributed by atoms with E-state index in [-0.39, 0.29) is 16.8 Å². The van der Waals surface area contributed by atoms with Crippen molar-refractivity contribution in [1.82, 2.24) is 25.9 Å². The normalized spacial score (nSPS) is 14.7. The molecule has 1 aromatic heterocycles. The Balaban J connectivity index is 1.62. The molecule has 0 fully saturated rings. The molecule has 0 amide bonds. The van der Waals surface area contributed by atoms with Crippen LogP contribution < -0.4 is 10.5 Å². The molecule has 0 bridgehead atoms. The maximum Gasteiger partial charge on any atom is 0.238 e. The molecule has 0 radical (unpaired) electrons. The molecule has 30 heavy (non-hydrogen) atoms. The van der Waals surface area contributed by atoms with Gasteiger partial charge in [-0.15, -0.1) is 15.3 Å². The maximum absolute atomic E-state index is 12.1. The Hall–Kier alpha value is -3.35. The van der Waals surface area contributed by atoms with E-state index in [9.17, 15) is 8.42 Å². The van der Waals surface area contributed by atoms with E-state index in [2.05, 4.69) is 41.2 Å². The van der Waals surface area contributed by atoms with Crippen molar-refractivity contribution in [3.8, 4) is 22.5 Å². The second-order valence-corrected chi connectivity index (χ2v) is 8.19. The molecule has 0 saturated carbocycles. The summed E-state index contributed by atoms with van der Waals surface area (Å²) in [6, 6.07) is 12.6. The SMILES string of the molecule is CC(NCc1ccc(-c2cccc(S(N)(=O)=O)c2-c2nn[nH]n2)cc1)C1=NCN=N1. The van der Waals surface area contributed by atoms with Gasteiger partial charge in [-0.05, 0) is 34.9 Å². The van der Waals surface area contributed by atoms with E-state index >= 15 is 0 Å². The Morgan fingerprint density at radius 3 is 2.63 bits per heavy atom. The van der Waals surface area contributed by atoms with Crippen LogP contribution >= 0.6 is 0 Å². The fourth-order valence-electron chi connectivity index (χ4n) is 3.13. The summed E-state index contributed by atoms with van der Waals surface area (Å²) in [6.07, 6.45) is 0. The minimum absolute atomic E-state index is 0.00721. The highest BCUT2D eigenvalue weighted by atomic mass is 32.2. The Labute approximate surface area is 172 Å². The first-order valence-electron chi connectivity index (χ1n) is 9.07. The molecule has 1 atom stereocenters. The van der Waals surface area contributed by atoms with Crippen LogP contribution in [-0.2, 0) is 16.6 Å². The fraction of sp³-hybridized carbons (Fsp3) is 0.222. The molecule has 0 aliphatic carbocycles. The lowest BCUT2D eigenvalue weighted by Gasteiger charge is -2.13. The number of nitrogens with zero attached hydrogens (tertiary/aromatic N) is 6. The van der Waals surface area contributed by atoms with Gasteiger partial charge >= 0.3 is 0 Å². The van der Waals surface area contributed by atoms with Crippen molar-refractivity contribution < 1.29 is 8.42 Å². The molecule has 3 aromatic rings. The third-order valence-corrected chi connectivity index (χ3v) is 5.59. The standard InChI is InChI=1S/C18H19N9O2S/c1-11(17-21-10-22-23-17)20-9-12-5-7-13(8-6-12)14-3-2-4-15(30(19,28)29)16(14)18-24-26-27-25-18/h2-8,11,20H,9-10H2,1H3,(H2,19,28,29)(H,24,25,26,27). The minimum Gasteiger partial charge on any atom is -0.303 e. The zero-order valence-corrected chi connectivity index (χ0v) is 16.8. The van der Waals surface area contributed by atoms with Crippen LogP contribution in [0.3, 0.4) is 0 Å². The molecule has 4 rings (SSSR count). The molecule has 1 aliphatic heterocycles. The van der Waals surface area contributed by atoms with Crippen LogP contribution in [0.5, 0.6) is 0 Å². The monoisotopic (exact) mass is 425 g/mol. The van der Waals surface area contributed by atoms with Crippen molar-refractivity contribution in [2.45, 2.75) is 24.4 Å². The predicted molar refractivity (Wildman–Crippen MR) is 110 cm³/mol. The summed E-state index contributed by atoms with van der Waals surface area (Å²) >= 11 is 0. The second-order valence-electron chi connectivity index (χ2n) is 6.66. The number of hydrogen-bond donors (Lipinski definition) is 3. The maximum atomic E-state index is 12.1. The number of tetrazole rings is 1. The molecule has 154 valence electrons. The van der Waals surface area contributed by atoms with Gasteiger partial charge in [0.2, 0.25) is 15.8 Å². The number of aromatic nitrogens is 4. The van der Waals surface area contributed by atoms with Gasteiger partial charge in [-0.1, -0.05) is 36.4 Å². The van der Waals surface area contributed by atoms with Crippen molar-refractivity contribution in [2.75, 3.05) is 6.67 Å². The molecule has 12 heteroatoms. The molecule has 2 heterocycles. The van der Waals surface area contributed by atoms with E-state index in [4.69, 9.17) is 5.14 Å². The third-order valence-electron chi connectivity index (χ3n) is 4.64. The van der Waals surface area contributed by atoms with Crippen molar-refractivity contribution in [3.63, 3.8) is 0 Å². The minimum atomic E-state index is -3.98. The molecule has 1 aliphatic rings. The van der Waals surface area contributed by atoms with Crippen molar-refractivity contribution in [3.05, 3.63) is 48.0 Å². The van der Waals surface area contributed by atoms with Crippen molar-refractivity contribution >= 4 is 15.9 Å². The summed E-state index contributed by atoms with van der Waals surface area (Å²) in [5, 5.41) is 30.4. The molecule has 0 saturated heterocycles. The zero-order valence-electron chi connectivity index (χ0n) is 16.0. The second kappa shape index (κ2) is 8.18. The lowest BCUT2D eigenvalue weighted by atomic mass is 9.98. The molecule has 0 spiro atoms. The highest BCUT2D eigenvalue weighted by Gasteiger charge is 2.22. The van der Waals surface area contributed by atoms with Crippen LogP contribution in [0.2, 0.25) is 0 Å². The quantitative estimate of drug-likeness (QED) is 0.519. The fourth-order valence-corrected chi connectivity index (χ4v) is 3.89. The van der Waals surface area contributed by atoms with Gasteiger partial charge in [-0.25, -0.2) is 18.5 Å². The number of aromatic amines is 1. The number of primary sulfonamides is 1. The van der Waals surface area contributed by atoms with Gasteiger partial charge in [-0.3, -0.25) is 0 Å². The first kappa shape index (κ1) is 19.9. The Bertz CT molecular complexity index is 1200. The summed E-state index contributed by atoms with van der Waals surface area (Å²) in [4.78, 5) is 4.14. The van der Waals surface area contributed by atoms with Crippen LogP contribution in [0.1, 0.15) is 12.5 Å². The number of H-pyrrole nitrogens is 1.